The van der Waals surface area contributed by atoms with Gasteiger partial charge in [0.25, 0.3) is 0 Å². The monoisotopic (exact) mass is 525 g/mol. The summed E-state index contributed by atoms with van der Waals surface area (Å²) in [6.45, 7) is 7.52. The Labute approximate surface area is 229 Å². The number of piperidine rings is 1. The molecular formula is C31H35N5O3. The molecule has 202 valence electrons. The highest BCUT2D eigenvalue weighted by molar-refractivity contribution is 5.96. The van der Waals surface area contributed by atoms with Crippen LogP contribution >= 0.6 is 0 Å². The van der Waals surface area contributed by atoms with Crippen molar-refractivity contribution in [2.24, 2.45) is 5.92 Å². The van der Waals surface area contributed by atoms with Gasteiger partial charge in [-0.1, -0.05) is 42.5 Å². The number of morpholine rings is 1. The van der Waals surface area contributed by atoms with Crippen molar-refractivity contribution >= 4 is 28.2 Å². The van der Waals surface area contributed by atoms with E-state index in [-0.39, 0.29) is 11.9 Å². The minimum atomic E-state index is -0.176. The number of imidazole rings is 1. The SMILES string of the molecule is CC(=O)N1CCC(Cn2cncc2CN2C=C(c3cccc4ccccc34)C(N3CCOCC3)C2=C=O)CC1. The molecule has 3 aliphatic heterocycles. The van der Waals surface area contributed by atoms with Crippen molar-refractivity contribution in [3.63, 3.8) is 0 Å². The van der Waals surface area contributed by atoms with Gasteiger partial charge in [-0.3, -0.25) is 9.69 Å². The normalized spacial score (nSPS) is 20.9. The second-order valence-corrected chi connectivity index (χ2v) is 10.8. The van der Waals surface area contributed by atoms with Crippen molar-refractivity contribution < 1.29 is 14.3 Å². The Morgan fingerprint density at radius 3 is 2.59 bits per heavy atom. The Hall–Kier alpha value is -3.71. The topological polar surface area (TPSA) is 70.9 Å². The standard InChI is InChI=1S/C31H35N5O3/c1-23(38)33-11-9-24(10-12-33)18-36-22-32-17-26(36)19-35-20-29(28-8-4-6-25-5-2-3-7-27(25)28)31(30(35)21-37)34-13-15-39-16-14-34/h2-8,17,20,22,24,31H,9-16,18-19H2,1H3. The molecular weight excluding hydrogens is 490 g/mol. The van der Waals surface area contributed by atoms with Crippen LogP contribution in [0.1, 0.15) is 31.0 Å². The molecule has 0 bridgehead atoms. The third-order valence-corrected chi connectivity index (χ3v) is 8.42. The van der Waals surface area contributed by atoms with E-state index < -0.39 is 0 Å². The number of rotatable bonds is 6. The van der Waals surface area contributed by atoms with Gasteiger partial charge in [0.2, 0.25) is 5.91 Å². The third kappa shape index (κ3) is 5.15. The van der Waals surface area contributed by atoms with Gasteiger partial charge < -0.3 is 19.1 Å². The van der Waals surface area contributed by atoms with Gasteiger partial charge in [-0.2, -0.15) is 0 Å². The molecule has 1 atom stereocenters. The molecule has 0 spiro atoms. The van der Waals surface area contributed by atoms with Gasteiger partial charge in [0, 0.05) is 57.6 Å². The molecule has 39 heavy (non-hydrogen) atoms. The van der Waals surface area contributed by atoms with Gasteiger partial charge in [-0.15, -0.1) is 0 Å². The minimum Gasteiger partial charge on any atom is -0.379 e. The Bertz CT molecular complexity index is 1420. The van der Waals surface area contributed by atoms with Gasteiger partial charge in [0.1, 0.15) is 11.6 Å². The average Bonchev–Trinajstić information content (AvgIpc) is 3.57. The Balaban J connectivity index is 1.29. The molecule has 1 amide bonds. The smallest absolute Gasteiger partial charge is 0.219 e. The van der Waals surface area contributed by atoms with Crippen LogP contribution in [0.25, 0.3) is 16.3 Å². The molecule has 1 aromatic heterocycles. The highest BCUT2D eigenvalue weighted by atomic mass is 16.5. The maximum Gasteiger partial charge on any atom is 0.219 e. The summed E-state index contributed by atoms with van der Waals surface area (Å²) in [5.41, 5.74) is 3.97. The lowest BCUT2D eigenvalue weighted by Gasteiger charge is -2.34. The summed E-state index contributed by atoms with van der Waals surface area (Å²) in [6.07, 6.45) is 7.92. The molecule has 8 heteroatoms. The number of carbonyl (C=O) groups is 1. The highest BCUT2D eigenvalue weighted by Gasteiger charge is 2.38. The van der Waals surface area contributed by atoms with Crippen molar-refractivity contribution in [2.75, 3.05) is 39.4 Å². The quantitative estimate of drug-likeness (QED) is 0.459. The highest BCUT2D eigenvalue weighted by Crippen LogP contribution is 2.39. The van der Waals surface area contributed by atoms with Crippen LogP contribution in [0, 0.1) is 5.92 Å². The molecule has 0 radical (unpaired) electrons. The second kappa shape index (κ2) is 11.2. The van der Waals surface area contributed by atoms with Gasteiger partial charge in [0.15, 0.2) is 0 Å². The van der Waals surface area contributed by atoms with E-state index in [9.17, 15) is 9.59 Å². The number of amides is 1. The molecule has 6 rings (SSSR count). The van der Waals surface area contributed by atoms with E-state index >= 15 is 0 Å². The summed E-state index contributed by atoms with van der Waals surface area (Å²) in [5.74, 6) is 2.98. The molecule has 1 unspecified atom stereocenters. The van der Waals surface area contributed by atoms with E-state index in [0.717, 1.165) is 62.4 Å². The molecule has 3 aliphatic rings. The zero-order valence-electron chi connectivity index (χ0n) is 22.5. The lowest BCUT2D eigenvalue weighted by atomic mass is 9.93. The molecule has 2 fully saturated rings. The van der Waals surface area contributed by atoms with E-state index in [4.69, 9.17) is 4.74 Å². The van der Waals surface area contributed by atoms with Crippen LogP contribution < -0.4 is 0 Å². The van der Waals surface area contributed by atoms with E-state index in [1.165, 1.54) is 10.8 Å². The Kier molecular flexibility index (Phi) is 7.33. The maximum atomic E-state index is 12.6. The van der Waals surface area contributed by atoms with Crippen molar-refractivity contribution in [1.29, 1.82) is 0 Å². The molecule has 0 saturated carbocycles. The van der Waals surface area contributed by atoms with Crippen molar-refractivity contribution in [3.8, 4) is 0 Å². The zero-order valence-corrected chi connectivity index (χ0v) is 22.5. The summed E-state index contributed by atoms with van der Waals surface area (Å²) in [4.78, 5) is 35.1. The van der Waals surface area contributed by atoms with E-state index in [1.54, 1.807) is 6.92 Å². The maximum absolute atomic E-state index is 12.6. The first-order valence-electron chi connectivity index (χ1n) is 13.9. The average molecular weight is 526 g/mol. The van der Waals surface area contributed by atoms with Crippen LogP contribution in [0.3, 0.4) is 0 Å². The molecule has 2 saturated heterocycles. The van der Waals surface area contributed by atoms with E-state index in [1.807, 2.05) is 17.4 Å². The lowest BCUT2D eigenvalue weighted by molar-refractivity contribution is -0.130. The predicted octanol–water partition coefficient (Wildman–Crippen LogP) is 3.57. The molecule has 2 aromatic carbocycles. The Morgan fingerprint density at radius 1 is 1.05 bits per heavy atom. The second-order valence-electron chi connectivity index (χ2n) is 10.8. The van der Waals surface area contributed by atoms with Crippen molar-refractivity contribution in [3.05, 3.63) is 78.1 Å². The molecule has 4 heterocycles. The number of nitrogens with zero attached hydrogens (tertiary/aromatic N) is 5. The zero-order chi connectivity index (χ0) is 26.8. The van der Waals surface area contributed by atoms with Crippen LogP contribution in [0.2, 0.25) is 0 Å². The van der Waals surface area contributed by atoms with Gasteiger partial charge in [-0.05, 0) is 35.1 Å². The summed E-state index contributed by atoms with van der Waals surface area (Å²) in [6, 6.07) is 14.6. The number of hydrogen-bond donors (Lipinski definition) is 0. The first-order valence-corrected chi connectivity index (χ1v) is 13.9. The lowest BCUT2D eigenvalue weighted by Crippen LogP contribution is -2.45. The molecule has 0 N–H and O–H groups in total. The summed E-state index contributed by atoms with van der Waals surface area (Å²) >= 11 is 0. The third-order valence-electron chi connectivity index (χ3n) is 8.42. The van der Waals surface area contributed by atoms with Gasteiger partial charge in [0.05, 0.1) is 37.8 Å². The fourth-order valence-electron chi connectivity index (χ4n) is 6.28. The Morgan fingerprint density at radius 2 is 1.82 bits per heavy atom. The number of hydrogen-bond acceptors (Lipinski definition) is 6. The van der Waals surface area contributed by atoms with Gasteiger partial charge >= 0.3 is 0 Å². The molecule has 8 nitrogen and oxygen atoms in total. The van der Waals surface area contributed by atoms with Gasteiger partial charge in [-0.25, -0.2) is 9.78 Å². The van der Waals surface area contributed by atoms with E-state index in [0.29, 0.717) is 31.4 Å². The first-order chi connectivity index (χ1) is 19.1. The summed E-state index contributed by atoms with van der Waals surface area (Å²) in [7, 11) is 0. The first kappa shape index (κ1) is 25.6. The number of fused-ring (bicyclic) bond motifs is 1. The van der Waals surface area contributed by atoms with Crippen LogP contribution in [0.15, 0.2) is 66.9 Å². The summed E-state index contributed by atoms with van der Waals surface area (Å²) in [5, 5.41) is 2.36. The fraction of sp³-hybridized carbons (Fsp3) is 0.419. The van der Waals surface area contributed by atoms with Crippen LogP contribution in [0.4, 0.5) is 0 Å². The minimum absolute atomic E-state index is 0.155. The van der Waals surface area contributed by atoms with E-state index in [2.05, 4.69) is 74.0 Å². The van der Waals surface area contributed by atoms with Crippen molar-refractivity contribution in [2.45, 2.75) is 38.9 Å². The number of benzene rings is 2. The number of likely N-dealkylation sites (tertiary alicyclic amines) is 1. The van der Waals surface area contributed by atoms with Crippen LogP contribution in [-0.2, 0) is 27.4 Å². The van der Waals surface area contributed by atoms with Crippen molar-refractivity contribution in [1.82, 2.24) is 24.3 Å². The summed E-state index contributed by atoms with van der Waals surface area (Å²) < 4.78 is 7.86. The molecule has 0 aliphatic carbocycles. The number of carbonyl (C=O) groups excluding carboxylic acids is 2. The van der Waals surface area contributed by atoms with Crippen LogP contribution in [-0.4, -0.2) is 81.5 Å². The number of ether oxygens (including phenoxy) is 1. The number of aromatic nitrogens is 2. The molecule has 3 aromatic rings. The fourth-order valence-corrected chi connectivity index (χ4v) is 6.28. The largest absolute Gasteiger partial charge is 0.379 e. The predicted molar refractivity (Wildman–Crippen MR) is 150 cm³/mol. The van der Waals surface area contributed by atoms with Crippen LogP contribution in [0.5, 0.6) is 0 Å².